The van der Waals surface area contributed by atoms with Crippen molar-refractivity contribution in [3.8, 4) is 0 Å². The first kappa shape index (κ1) is 24.8. The molecule has 1 atom stereocenters. The summed E-state index contributed by atoms with van der Waals surface area (Å²) in [6.07, 6.45) is 9.88. The lowest BCUT2D eigenvalue weighted by molar-refractivity contribution is 0.0996. The van der Waals surface area contributed by atoms with Gasteiger partial charge in [0.05, 0.1) is 12.2 Å². The molecule has 35 heavy (non-hydrogen) atoms. The first-order chi connectivity index (χ1) is 16.8. The lowest BCUT2D eigenvalue weighted by atomic mass is 9.84. The van der Waals surface area contributed by atoms with Gasteiger partial charge in [0.25, 0.3) is 5.91 Å². The van der Waals surface area contributed by atoms with Crippen LogP contribution in [0.4, 0.5) is 22.1 Å². The van der Waals surface area contributed by atoms with Gasteiger partial charge in [-0.3, -0.25) is 4.79 Å². The summed E-state index contributed by atoms with van der Waals surface area (Å²) in [5, 5.41) is 3.26. The average Bonchev–Trinajstić information content (AvgIpc) is 2.88. The standard InChI is InChI=1S/C26H37N7O2/c1-31(2)26(35)32(3)21-10-7-15-33(17-21)22-16-28-23(24(27)34)25(30-22)29-20-13-11-19(12-14-20)18-8-5-4-6-9-18/h11-14,16,18,21H,4-10,15,17H2,1-3H3,(H2,27,34)(H,29,30)/t21-/m1/s1. The zero-order valence-electron chi connectivity index (χ0n) is 21.0. The molecule has 4 rings (SSSR count). The van der Waals surface area contributed by atoms with Crippen molar-refractivity contribution in [3.05, 3.63) is 41.7 Å². The third-order valence-corrected chi connectivity index (χ3v) is 7.20. The number of hydrogen-bond donors (Lipinski definition) is 2. The molecule has 2 aromatic rings. The van der Waals surface area contributed by atoms with Crippen LogP contribution in [0.15, 0.2) is 30.5 Å². The number of benzene rings is 1. The Morgan fingerprint density at radius 1 is 1.03 bits per heavy atom. The number of anilines is 3. The molecule has 2 heterocycles. The summed E-state index contributed by atoms with van der Waals surface area (Å²) in [5.74, 6) is 1.01. The molecule has 0 spiro atoms. The molecular weight excluding hydrogens is 442 g/mol. The molecule has 0 unspecified atom stereocenters. The number of nitrogens with one attached hydrogen (secondary N) is 1. The van der Waals surface area contributed by atoms with Crippen molar-refractivity contribution >= 4 is 29.3 Å². The summed E-state index contributed by atoms with van der Waals surface area (Å²) in [4.78, 5) is 39.1. The Morgan fingerprint density at radius 3 is 2.40 bits per heavy atom. The fraction of sp³-hybridized carbons (Fsp3) is 0.538. The highest BCUT2D eigenvalue weighted by Crippen LogP contribution is 2.33. The van der Waals surface area contributed by atoms with Crippen molar-refractivity contribution in [1.82, 2.24) is 19.8 Å². The van der Waals surface area contributed by atoms with Crippen molar-refractivity contribution in [2.24, 2.45) is 5.73 Å². The summed E-state index contributed by atoms with van der Waals surface area (Å²) in [7, 11) is 5.35. The maximum atomic E-state index is 12.4. The van der Waals surface area contributed by atoms with Crippen LogP contribution < -0.4 is 16.0 Å². The number of carbonyl (C=O) groups is 2. The zero-order valence-corrected chi connectivity index (χ0v) is 21.0. The number of carbonyl (C=O) groups excluding carboxylic acids is 2. The minimum absolute atomic E-state index is 0.0222. The molecule has 0 bridgehead atoms. The second-order valence-electron chi connectivity index (χ2n) is 9.90. The molecule has 0 radical (unpaired) electrons. The minimum atomic E-state index is -0.627. The van der Waals surface area contributed by atoms with Crippen molar-refractivity contribution in [2.45, 2.75) is 56.9 Å². The smallest absolute Gasteiger partial charge is 0.319 e. The second kappa shape index (κ2) is 10.9. The molecule has 3 N–H and O–H groups in total. The van der Waals surface area contributed by atoms with E-state index in [4.69, 9.17) is 10.7 Å². The summed E-state index contributed by atoms with van der Waals surface area (Å²) in [6, 6.07) is 8.42. The highest BCUT2D eigenvalue weighted by atomic mass is 16.2. The van der Waals surface area contributed by atoms with Crippen LogP contribution in [0.25, 0.3) is 0 Å². The van der Waals surface area contributed by atoms with E-state index >= 15 is 0 Å². The highest BCUT2D eigenvalue weighted by Gasteiger charge is 2.28. The van der Waals surface area contributed by atoms with Crippen molar-refractivity contribution in [2.75, 3.05) is 44.4 Å². The largest absolute Gasteiger partial charge is 0.364 e. The van der Waals surface area contributed by atoms with Crippen LogP contribution in [0.5, 0.6) is 0 Å². The maximum Gasteiger partial charge on any atom is 0.319 e. The van der Waals surface area contributed by atoms with Gasteiger partial charge in [-0.25, -0.2) is 14.8 Å². The Morgan fingerprint density at radius 2 is 1.74 bits per heavy atom. The van der Waals surface area contributed by atoms with E-state index in [9.17, 15) is 9.59 Å². The van der Waals surface area contributed by atoms with Gasteiger partial charge in [-0.05, 0) is 49.3 Å². The number of likely N-dealkylation sites (N-methyl/N-ethyl adjacent to an activating group) is 1. The van der Waals surface area contributed by atoms with E-state index in [1.54, 1.807) is 30.1 Å². The van der Waals surface area contributed by atoms with Crippen LogP contribution >= 0.6 is 0 Å². The molecular formula is C26H37N7O2. The van der Waals surface area contributed by atoms with Gasteiger partial charge < -0.3 is 25.8 Å². The van der Waals surface area contributed by atoms with Gasteiger partial charge in [-0.15, -0.1) is 0 Å². The Balaban J connectivity index is 1.51. The molecule has 9 nitrogen and oxygen atoms in total. The highest BCUT2D eigenvalue weighted by molar-refractivity contribution is 5.96. The molecule has 1 saturated carbocycles. The van der Waals surface area contributed by atoms with Gasteiger partial charge in [0.1, 0.15) is 5.82 Å². The monoisotopic (exact) mass is 479 g/mol. The number of urea groups is 1. The molecule has 1 aliphatic carbocycles. The van der Waals surface area contributed by atoms with Crippen LogP contribution in [-0.4, -0.2) is 72.0 Å². The second-order valence-corrected chi connectivity index (χ2v) is 9.90. The van der Waals surface area contributed by atoms with Crippen LogP contribution in [-0.2, 0) is 0 Å². The average molecular weight is 480 g/mol. The van der Waals surface area contributed by atoms with Gasteiger partial charge >= 0.3 is 6.03 Å². The van der Waals surface area contributed by atoms with Gasteiger partial charge in [-0.1, -0.05) is 31.4 Å². The van der Waals surface area contributed by atoms with Crippen LogP contribution in [0.2, 0.25) is 0 Å². The number of hydrogen-bond acceptors (Lipinski definition) is 6. The van der Waals surface area contributed by atoms with Gasteiger partial charge in [-0.2, -0.15) is 0 Å². The third kappa shape index (κ3) is 5.83. The van der Waals surface area contributed by atoms with E-state index in [1.165, 1.54) is 37.7 Å². The van der Waals surface area contributed by atoms with Crippen molar-refractivity contribution in [1.29, 1.82) is 0 Å². The number of amides is 3. The Labute approximate surface area is 207 Å². The molecule has 9 heteroatoms. The zero-order chi connectivity index (χ0) is 24.9. The van der Waals surface area contributed by atoms with Crippen molar-refractivity contribution in [3.63, 3.8) is 0 Å². The molecule has 1 aromatic heterocycles. The quantitative estimate of drug-likeness (QED) is 0.650. The normalized spacial score (nSPS) is 18.7. The lowest BCUT2D eigenvalue weighted by Crippen LogP contribution is -2.51. The lowest BCUT2D eigenvalue weighted by Gasteiger charge is -2.39. The molecule has 3 amide bonds. The maximum absolute atomic E-state index is 12.4. The fourth-order valence-electron chi connectivity index (χ4n) is 5.16. The van der Waals surface area contributed by atoms with Gasteiger partial charge in [0.15, 0.2) is 11.5 Å². The van der Waals surface area contributed by atoms with Crippen LogP contribution in [0, 0.1) is 0 Å². The number of primary amides is 1. The Hall–Kier alpha value is -3.36. The SMILES string of the molecule is CN(C)C(=O)N(C)[C@@H]1CCCN(c2cnc(C(N)=O)c(Nc3ccc(C4CCCCC4)cc3)n2)C1. The van der Waals surface area contributed by atoms with E-state index < -0.39 is 5.91 Å². The minimum Gasteiger partial charge on any atom is -0.364 e. The Kier molecular flexibility index (Phi) is 7.73. The molecule has 1 saturated heterocycles. The fourth-order valence-corrected chi connectivity index (χ4v) is 5.16. The number of piperidine rings is 1. The number of rotatable bonds is 6. The third-order valence-electron chi connectivity index (χ3n) is 7.20. The van der Waals surface area contributed by atoms with Crippen LogP contribution in [0.3, 0.4) is 0 Å². The summed E-state index contributed by atoms with van der Waals surface area (Å²) in [5.41, 5.74) is 7.91. The summed E-state index contributed by atoms with van der Waals surface area (Å²) >= 11 is 0. The molecule has 1 aromatic carbocycles. The Bertz CT molecular complexity index is 1030. The van der Waals surface area contributed by atoms with Crippen molar-refractivity contribution < 1.29 is 9.59 Å². The summed E-state index contributed by atoms with van der Waals surface area (Å²) < 4.78 is 0. The van der Waals surface area contributed by atoms with Crippen LogP contribution in [0.1, 0.15) is 66.9 Å². The van der Waals surface area contributed by atoms with E-state index in [0.29, 0.717) is 24.1 Å². The first-order valence-corrected chi connectivity index (χ1v) is 12.6. The van der Waals surface area contributed by atoms with E-state index in [2.05, 4.69) is 27.3 Å². The predicted molar refractivity (Wildman–Crippen MR) is 138 cm³/mol. The number of aromatic nitrogens is 2. The van der Waals surface area contributed by atoms with E-state index in [0.717, 1.165) is 25.1 Å². The number of nitrogens with zero attached hydrogens (tertiary/aromatic N) is 5. The molecule has 2 aliphatic rings. The van der Waals surface area contributed by atoms with E-state index in [1.807, 2.05) is 19.2 Å². The molecule has 1 aliphatic heterocycles. The predicted octanol–water partition coefficient (Wildman–Crippen LogP) is 3.95. The van der Waals surface area contributed by atoms with Gasteiger partial charge in [0, 0.05) is 39.9 Å². The van der Waals surface area contributed by atoms with Gasteiger partial charge in [0.2, 0.25) is 0 Å². The summed E-state index contributed by atoms with van der Waals surface area (Å²) in [6.45, 7) is 1.46. The molecule has 188 valence electrons. The van der Waals surface area contributed by atoms with E-state index in [-0.39, 0.29) is 17.8 Å². The number of nitrogens with two attached hydrogens (primary N) is 1. The molecule has 2 fully saturated rings. The first-order valence-electron chi connectivity index (χ1n) is 12.6. The topological polar surface area (TPSA) is 108 Å².